The molecule has 16 heavy (non-hydrogen) atoms. The molecule has 1 unspecified atom stereocenters. The van der Waals surface area contributed by atoms with Crippen LogP contribution in [0.4, 0.5) is 0 Å². The largest absolute Gasteiger partial charge is 0.308 e. The van der Waals surface area contributed by atoms with Crippen LogP contribution >= 0.6 is 0 Å². The topological polar surface area (TPSA) is 30.3 Å². The molecular weight excluding hydrogens is 198 g/mol. The number of hydrogen-bond acceptors (Lipinski definition) is 3. The molecule has 0 bridgehead atoms. The molecule has 1 atom stereocenters. The van der Waals surface area contributed by atoms with Gasteiger partial charge in [0.15, 0.2) is 0 Å². The van der Waals surface area contributed by atoms with Crippen LogP contribution in [0.25, 0.3) is 0 Å². The third kappa shape index (κ3) is 3.77. The first kappa shape index (κ1) is 13.5. The van der Waals surface area contributed by atoms with Crippen LogP contribution in [0.2, 0.25) is 0 Å². The van der Waals surface area contributed by atoms with Gasteiger partial charge in [-0.25, -0.2) is 0 Å². The Hall–Kier alpha value is -0.590. The standard InChI is InChI=1S/C13H25N3/c1-13(2)11-12(5-7-14)6-8-16(13)10-9-15(3)4/h12H,5-6,8-11H2,1-4H3. The van der Waals surface area contributed by atoms with Crippen LogP contribution in [0.15, 0.2) is 0 Å². The maximum absolute atomic E-state index is 8.76. The highest BCUT2D eigenvalue weighted by Gasteiger charge is 2.34. The van der Waals surface area contributed by atoms with Crippen LogP contribution in [0, 0.1) is 17.2 Å². The molecule has 1 fully saturated rings. The third-order valence-corrected chi connectivity index (χ3v) is 3.65. The summed E-state index contributed by atoms with van der Waals surface area (Å²) >= 11 is 0. The summed E-state index contributed by atoms with van der Waals surface area (Å²) in [4.78, 5) is 4.80. The van der Waals surface area contributed by atoms with Crippen molar-refractivity contribution < 1.29 is 0 Å². The molecule has 1 aliphatic rings. The fraction of sp³-hybridized carbons (Fsp3) is 0.923. The number of rotatable bonds is 4. The lowest BCUT2D eigenvalue weighted by molar-refractivity contribution is 0.0428. The van der Waals surface area contributed by atoms with Gasteiger partial charge in [-0.3, -0.25) is 4.90 Å². The van der Waals surface area contributed by atoms with Gasteiger partial charge in [-0.1, -0.05) is 0 Å². The molecule has 0 radical (unpaired) electrons. The monoisotopic (exact) mass is 223 g/mol. The van der Waals surface area contributed by atoms with Crippen LogP contribution in [-0.2, 0) is 0 Å². The number of nitriles is 1. The second-order valence-electron chi connectivity index (χ2n) is 5.82. The molecule has 1 saturated heterocycles. The molecule has 0 aliphatic carbocycles. The molecule has 0 N–H and O–H groups in total. The van der Waals surface area contributed by atoms with Gasteiger partial charge in [0.1, 0.15) is 0 Å². The molecule has 0 aromatic heterocycles. The molecular formula is C13H25N3. The predicted octanol–water partition coefficient (Wildman–Crippen LogP) is 1.95. The van der Waals surface area contributed by atoms with Crippen molar-refractivity contribution in [3.63, 3.8) is 0 Å². The number of nitrogens with zero attached hydrogens (tertiary/aromatic N) is 3. The molecule has 3 heteroatoms. The van der Waals surface area contributed by atoms with Gasteiger partial charge < -0.3 is 4.90 Å². The molecule has 3 nitrogen and oxygen atoms in total. The SMILES string of the molecule is CN(C)CCN1CCC(CC#N)CC1(C)C. The maximum Gasteiger partial charge on any atom is 0.0624 e. The Morgan fingerprint density at radius 3 is 2.62 bits per heavy atom. The first-order valence-corrected chi connectivity index (χ1v) is 6.22. The van der Waals surface area contributed by atoms with E-state index in [1.54, 1.807) is 0 Å². The third-order valence-electron chi connectivity index (χ3n) is 3.65. The van der Waals surface area contributed by atoms with Gasteiger partial charge in [-0.2, -0.15) is 5.26 Å². The Bertz CT molecular complexity index is 252. The molecule has 0 amide bonds. The van der Waals surface area contributed by atoms with E-state index in [0.717, 1.165) is 32.5 Å². The summed E-state index contributed by atoms with van der Waals surface area (Å²) in [5.41, 5.74) is 0.260. The second kappa shape index (κ2) is 5.65. The highest BCUT2D eigenvalue weighted by Crippen LogP contribution is 2.32. The average Bonchev–Trinajstić information content (AvgIpc) is 2.15. The minimum Gasteiger partial charge on any atom is -0.308 e. The smallest absolute Gasteiger partial charge is 0.0624 e. The lowest BCUT2D eigenvalue weighted by atomic mass is 9.81. The summed E-state index contributed by atoms with van der Waals surface area (Å²) in [7, 11) is 4.24. The molecule has 1 rings (SSSR count). The summed E-state index contributed by atoms with van der Waals surface area (Å²) in [5.74, 6) is 0.607. The first-order valence-electron chi connectivity index (χ1n) is 6.22. The van der Waals surface area contributed by atoms with Gasteiger partial charge in [0.25, 0.3) is 0 Å². The van der Waals surface area contributed by atoms with E-state index in [-0.39, 0.29) is 5.54 Å². The summed E-state index contributed by atoms with van der Waals surface area (Å²) in [6.45, 7) is 8.02. The number of likely N-dealkylation sites (N-methyl/N-ethyl adjacent to an activating group) is 1. The van der Waals surface area contributed by atoms with E-state index in [0.29, 0.717) is 5.92 Å². The van der Waals surface area contributed by atoms with Crippen LogP contribution in [0.3, 0.4) is 0 Å². The quantitative estimate of drug-likeness (QED) is 0.730. The molecule has 92 valence electrons. The van der Waals surface area contributed by atoms with Crippen molar-refractivity contribution in [1.82, 2.24) is 9.80 Å². The van der Waals surface area contributed by atoms with Crippen molar-refractivity contribution in [3.8, 4) is 6.07 Å². The van der Waals surface area contributed by atoms with E-state index in [1.165, 1.54) is 6.42 Å². The van der Waals surface area contributed by atoms with Crippen molar-refractivity contribution in [2.45, 2.75) is 38.6 Å². The Morgan fingerprint density at radius 2 is 2.12 bits per heavy atom. The van der Waals surface area contributed by atoms with Crippen molar-refractivity contribution in [2.24, 2.45) is 5.92 Å². The molecule has 0 aromatic carbocycles. The fourth-order valence-electron chi connectivity index (χ4n) is 2.62. The lowest BCUT2D eigenvalue weighted by Crippen LogP contribution is -2.51. The van der Waals surface area contributed by atoms with E-state index < -0.39 is 0 Å². The molecule has 1 aliphatic heterocycles. The highest BCUT2D eigenvalue weighted by molar-refractivity contribution is 4.92. The van der Waals surface area contributed by atoms with Crippen molar-refractivity contribution in [3.05, 3.63) is 0 Å². The molecule has 0 spiro atoms. The Morgan fingerprint density at radius 1 is 1.44 bits per heavy atom. The van der Waals surface area contributed by atoms with Gasteiger partial charge in [-0.05, 0) is 53.2 Å². The minimum absolute atomic E-state index is 0.260. The number of likely N-dealkylation sites (tertiary alicyclic amines) is 1. The van der Waals surface area contributed by atoms with Crippen molar-refractivity contribution >= 4 is 0 Å². The van der Waals surface area contributed by atoms with Crippen LogP contribution in [0.5, 0.6) is 0 Å². The van der Waals surface area contributed by atoms with Crippen LogP contribution in [0.1, 0.15) is 33.1 Å². The molecule has 0 saturated carbocycles. The van der Waals surface area contributed by atoms with Gasteiger partial charge >= 0.3 is 0 Å². The maximum atomic E-state index is 8.76. The Kier molecular flexibility index (Phi) is 4.76. The minimum atomic E-state index is 0.260. The number of hydrogen-bond donors (Lipinski definition) is 0. The summed E-state index contributed by atoms with van der Waals surface area (Å²) in [5, 5.41) is 8.76. The van der Waals surface area contributed by atoms with Gasteiger partial charge in [-0.15, -0.1) is 0 Å². The Balaban J connectivity index is 2.47. The summed E-state index contributed by atoms with van der Waals surface area (Å²) in [6, 6.07) is 2.31. The zero-order chi connectivity index (χ0) is 12.2. The fourth-order valence-corrected chi connectivity index (χ4v) is 2.62. The zero-order valence-corrected chi connectivity index (χ0v) is 11.2. The predicted molar refractivity (Wildman–Crippen MR) is 67.2 cm³/mol. The first-order chi connectivity index (χ1) is 7.45. The normalized spacial score (nSPS) is 25.6. The van der Waals surface area contributed by atoms with E-state index in [9.17, 15) is 0 Å². The van der Waals surface area contributed by atoms with Gasteiger partial charge in [0.2, 0.25) is 0 Å². The lowest BCUT2D eigenvalue weighted by Gasteiger charge is -2.45. The van der Waals surface area contributed by atoms with E-state index in [4.69, 9.17) is 5.26 Å². The highest BCUT2D eigenvalue weighted by atomic mass is 15.2. The van der Waals surface area contributed by atoms with Crippen molar-refractivity contribution in [2.75, 3.05) is 33.7 Å². The number of piperidine rings is 1. The van der Waals surface area contributed by atoms with Gasteiger partial charge in [0.05, 0.1) is 6.07 Å². The zero-order valence-electron chi connectivity index (χ0n) is 11.2. The molecule has 0 aromatic rings. The van der Waals surface area contributed by atoms with Crippen LogP contribution < -0.4 is 0 Å². The van der Waals surface area contributed by atoms with E-state index in [2.05, 4.69) is 43.8 Å². The summed E-state index contributed by atoms with van der Waals surface area (Å²) in [6.07, 6.45) is 3.07. The Labute approximate surface area is 100 Å². The average molecular weight is 223 g/mol. The van der Waals surface area contributed by atoms with Gasteiger partial charge in [0, 0.05) is 25.0 Å². The van der Waals surface area contributed by atoms with Crippen molar-refractivity contribution in [1.29, 1.82) is 5.26 Å². The van der Waals surface area contributed by atoms with E-state index in [1.807, 2.05) is 0 Å². The van der Waals surface area contributed by atoms with Crippen LogP contribution in [-0.4, -0.2) is 49.1 Å². The van der Waals surface area contributed by atoms with E-state index >= 15 is 0 Å². The molecule has 1 heterocycles. The summed E-state index contributed by atoms with van der Waals surface area (Å²) < 4.78 is 0. The second-order valence-corrected chi connectivity index (χ2v) is 5.82.